The number of hydrogen-bond acceptors (Lipinski definition) is 3. The lowest BCUT2D eigenvalue weighted by atomic mass is 9.74. The molecule has 0 radical (unpaired) electrons. The predicted molar refractivity (Wildman–Crippen MR) is 117 cm³/mol. The van der Waals surface area contributed by atoms with Gasteiger partial charge in [0.05, 0.1) is 0 Å². The third-order valence-electron chi connectivity index (χ3n) is 5.39. The van der Waals surface area contributed by atoms with Gasteiger partial charge in [-0.3, -0.25) is 9.59 Å². The van der Waals surface area contributed by atoms with E-state index in [1.807, 2.05) is 48.3 Å². The number of carbonyl (C=O) groups excluding carboxylic acids is 2. The van der Waals surface area contributed by atoms with Crippen LogP contribution >= 0.6 is 23.8 Å². The lowest BCUT2D eigenvalue weighted by Gasteiger charge is -2.45. The standard InChI is InChI=1S/C22H23ClN2O2S/c1-15(26)16-10-12-17(13-11-16)24-21(28)25(2)22(14-6-5-9-20(22)27)18-7-3-4-8-19(18)23/h3-4,7-8,10-13H,5-6,9,14H2,1-2H3,(H,24,28). The minimum atomic E-state index is -0.875. The number of Topliss-reactive ketones (excluding diaryl/α,β-unsaturated/α-hetero) is 2. The topological polar surface area (TPSA) is 49.4 Å². The summed E-state index contributed by atoms with van der Waals surface area (Å²) >= 11 is 12.1. The van der Waals surface area contributed by atoms with Gasteiger partial charge in [-0.1, -0.05) is 29.8 Å². The van der Waals surface area contributed by atoms with Crippen molar-refractivity contribution in [3.8, 4) is 0 Å². The number of rotatable bonds is 4. The van der Waals surface area contributed by atoms with E-state index in [4.69, 9.17) is 23.8 Å². The highest BCUT2D eigenvalue weighted by Crippen LogP contribution is 2.42. The van der Waals surface area contributed by atoms with Crippen LogP contribution in [-0.2, 0) is 10.3 Å². The van der Waals surface area contributed by atoms with E-state index in [1.54, 1.807) is 12.1 Å². The van der Waals surface area contributed by atoms with Crippen LogP contribution in [0.4, 0.5) is 5.69 Å². The summed E-state index contributed by atoms with van der Waals surface area (Å²) in [7, 11) is 1.84. The molecule has 1 unspecified atom stereocenters. The van der Waals surface area contributed by atoms with Crippen molar-refractivity contribution in [1.82, 2.24) is 4.90 Å². The summed E-state index contributed by atoms with van der Waals surface area (Å²) in [4.78, 5) is 26.5. The minimum absolute atomic E-state index is 0.0109. The van der Waals surface area contributed by atoms with Gasteiger partial charge in [0.2, 0.25) is 0 Å². The van der Waals surface area contributed by atoms with Gasteiger partial charge in [-0.25, -0.2) is 0 Å². The molecule has 1 N–H and O–H groups in total. The number of halogens is 1. The molecule has 1 saturated carbocycles. The van der Waals surface area contributed by atoms with E-state index < -0.39 is 5.54 Å². The summed E-state index contributed by atoms with van der Waals surface area (Å²) in [5.74, 6) is 0.141. The molecule has 4 nitrogen and oxygen atoms in total. The molecule has 0 spiro atoms. The number of benzene rings is 2. The van der Waals surface area contributed by atoms with Crippen molar-refractivity contribution in [1.29, 1.82) is 0 Å². The highest BCUT2D eigenvalue weighted by atomic mass is 35.5. The number of hydrogen-bond donors (Lipinski definition) is 1. The molecule has 6 heteroatoms. The molecule has 0 aromatic heterocycles. The highest BCUT2D eigenvalue weighted by molar-refractivity contribution is 7.80. The maximum atomic E-state index is 13.2. The Morgan fingerprint density at radius 2 is 1.82 bits per heavy atom. The van der Waals surface area contributed by atoms with E-state index in [1.165, 1.54) is 6.92 Å². The maximum absolute atomic E-state index is 13.2. The maximum Gasteiger partial charge on any atom is 0.174 e. The summed E-state index contributed by atoms with van der Waals surface area (Å²) in [6.07, 6.45) is 2.98. The zero-order valence-electron chi connectivity index (χ0n) is 16.0. The lowest BCUT2D eigenvalue weighted by molar-refractivity contribution is -0.131. The van der Waals surface area contributed by atoms with E-state index >= 15 is 0 Å². The first kappa shape index (κ1) is 20.5. The van der Waals surface area contributed by atoms with Crippen molar-refractivity contribution in [2.75, 3.05) is 12.4 Å². The first-order valence-corrected chi connectivity index (χ1v) is 10.1. The summed E-state index contributed by atoms with van der Waals surface area (Å²) in [5, 5.41) is 4.19. The van der Waals surface area contributed by atoms with Crippen molar-refractivity contribution in [3.05, 3.63) is 64.7 Å². The van der Waals surface area contributed by atoms with Crippen molar-refractivity contribution < 1.29 is 9.59 Å². The Labute approximate surface area is 175 Å². The van der Waals surface area contributed by atoms with Crippen LogP contribution in [0.5, 0.6) is 0 Å². The molecule has 146 valence electrons. The number of nitrogens with zero attached hydrogens (tertiary/aromatic N) is 1. The molecule has 0 aliphatic heterocycles. The van der Waals surface area contributed by atoms with Crippen LogP contribution in [-0.4, -0.2) is 28.6 Å². The van der Waals surface area contributed by atoms with Crippen LogP contribution in [0.2, 0.25) is 5.02 Å². The third kappa shape index (κ3) is 3.82. The fraction of sp³-hybridized carbons (Fsp3) is 0.318. The van der Waals surface area contributed by atoms with Crippen LogP contribution in [0.1, 0.15) is 48.5 Å². The van der Waals surface area contributed by atoms with E-state index in [9.17, 15) is 9.59 Å². The SMILES string of the molecule is CC(=O)c1ccc(NC(=S)N(C)C2(c3ccccc3Cl)CCCCC2=O)cc1. The van der Waals surface area contributed by atoms with Crippen LogP contribution < -0.4 is 5.32 Å². The Morgan fingerprint density at radius 1 is 1.14 bits per heavy atom. The van der Waals surface area contributed by atoms with Gasteiger partial charge < -0.3 is 10.2 Å². The third-order valence-corrected chi connectivity index (χ3v) is 6.10. The first-order valence-electron chi connectivity index (χ1n) is 9.30. The number of anilines is 1. The summed E-state index contributed by atoms with van der Waals surface area (Å²) in [5.41, 5.74) is 1.32. The molecular formula is C22H23ClN2O2S. The average Bonchev–Trinajstić information content (AvgIpc) is 2.69. The summed E-state index contributed by atoms with van der Waals surface area (Å²) in [6.45, 7) is 1.53. The van der Waals surface area contributed by atoms with Gasteiger partial charge >= 0.3 is 0 Å². The Bertz CT molecular complexity index is 913. The van der Waals surface area contributed by atoms with Crippen LogP contribution in [0.3, 0.4) is 0 Å². The number of thiocarbonyl (C=S) groups is 1. The molecule has 1 aliphatic rings. The normalized spacial score (nSPS) is 19.2. The Morgan fingerprint density at radius 3 is 2.43 bits per heavy atom. The zero-order chi connectivity index (χ0) is 20.3. The first-order chi connectivity index (χ1) is 13.4. The fourth-order valence-corrected chi connectivity index (χ4v) is 4.36. The van der Waals surface area contributed by atoms with Crippen LogP contribution in [0.25, 0.3) is 0 Å². The zero-order valence-corrected chi connectivity index (χ0v) is 17.6. The molecule has 0 saturated heterocycles. The summed E-state index contributed by atoms with van der Waals surface area (Å²) in [6, 6.07) is 14.6. The van der Waals surface area contributed by atoms with Crippen molar-refractivity contribution in [2.45, 2.75) is 38.1 Å². The molecule has 2 aromatic carbocycles. The van der Waals surface area contributed by atoms with E-state index in [-0.39, 0.29) is 11.6 Å². The number of ketones is 2. The Hall–Kier alpha value is -2.24. The number of likely N-dealkylation sites (N-methyl/N-ethyl adjacent to an activating group) is 1. The predicted octanol–water partition coefficient (Wildman–Crippen LogP) is 5.21. The summed E-state index contributed by atoms with van der Waals surface area (Å²) < 4.78 is 0. The number of carbonyl (C=O) groups is 2. The second-order valence-electron chi connectivity index (χ2n) is 7.09. The van der Waals surface area contributed by atoms with Gasteiger partial charge in [0.25, 0.3) is 0 Å². The minimum Gasteiger partial charge on any atom is -0.335 e. The van der Waals surface area contributed by atoms with Gasteiger partial charge in [0, 0.05) is 35.3 Å². The largest absolute Gasteiger partial charge is 0.335 e. The van der Waals surface area contributed by atoms with Crippen molar-refractivity contribution in [2.24, 2.45) is 0 Å². The van der Waals surface area contributed by atoms with Gasteiger partial charge in [0.15, 0.2) is 16.7 Å². The van der Waals surface area contributed by atoms with Crippen molar-refractivity contribution >= 4 is 46.2 Å². The monoisotopic (exact) mass is 414 g/mol. The van der Waals surface area contributed by atoms with Gasteiger partial charge in [-0.15, -0.1) is 0 Å². The molecule has 1 aliphatic carbocycles. The Balaban J connectivity index is 1.92. The lowest BCUT2D eigenvalue weighted by Crippen LogP contribution is -2.55. The smallest absolute Gasteiger partial charge is 0.174 e. The Kier molecular flexibility index (Phi) is 6.16. The molecule has 0 heterocycles. The highest BCUT2D eigenvalue weighted by Gasteiger charge is 2.47. The van der Waals surface area contributed by atoms with Gasteiger partial charge in [0.1, 0.15) is 5.54 Å². The van der Waals surface area contributed by atoms with Gasteiger partial charge in [-0.2, -0.15) is 0 Å². The average molecular weight is 415 g/mol. The van der Waals surface area contributed by atoms with Crippen molar-refractivity contribution in [3.63, 3.8) is 0 Å². The quantitative estimate of drug-likeness (QED) is 0.549. The van der Waals surface area contributed by atoms with Crippen LogP contribution in [0, 0.1) is 0 Å². The molecule has 0 bridgehead atoms. The second kappa shape index (κ2) is 8.41. The molecule has 3 rings (SSSR count). The molecular weight excluding hydrogens is 392 g/mol. The fourth-order valence-electron chi connectivity index (χ4n) is 3.80. The van der Waals surface area contributed by atoms with Gasteiger partial charge in [-0.05, 0) is 68.7 Å². The molecule has 0 amide bonds. The van der Waals surface area contributed by atoms with E-state index in [0.29, 0.717) is 28.5 Å². The second-order valence-corrected chi connectivity index (χ2v) is 7.89. The molecule has 28 heavy (non-hydrogen) atoms. The van der Waals surface area contributed by atoms with E-state index in [0.717, 1.165) is 24.1 Å². The van der Waals surface area contributed by atoms with Crippen LogP contribution in [0.15, 0.2) is 48.5 Å². The molecule has 1 fully saturated rings. The molecule has 1 atom stereocenters. The van der Waals surface area contributed by atoms with E-state index in [2.05, 4.69) is 5.32 Å². The molecule has 2 aromatic rings. The number of nitrogens with one attached hydrogen (secondary N) is 1.